The number of aryl methyl sites for hydroxylation is 1. The minimum Gasteiger partial charge on any atom is -0.490 e. The third kappa shape index (κ3) is 6.13. The van der Waals surface area contributed by atoms with E-state index in [-0.39, 0.29) is 18.3 Å². The van der Waals surface area contributed by atoms with Crippen molar-refractivity contribution in [2.45, 2.75) is 38.8 Å². The van der Waals surface area contributed by atoms with Crippen molar-refractivity contribution in [3.63, 3.8) is 0 Å². The largest absolute Gasteiger partial charge is 0.490 e. The van der Waals surface area contributed by atoms with Crippen LogP contribution >= 0.6 is 11.6 Å². The van der Waals surface area contributed by atoms with Gasteiger partial charge in [-0.2, -0.15) is 0 Å². The average Bonchev–Trinajstić information content (AvgIpc) is 3.51. The molecule has 0 unspecified atom stereocenters. The van der Waals surface area contributed by atoms with Crippen LogP contribution in [0, 0.1) is 23.0 Å². The van der Waals surface area contributed by atoms with Gasteiger partial charge in [-0.1, -0.05) is 53.6 Å². The summed E-state index contributed by atoms with van der Waals surface area (Å²) in [4.78, 5) is 15.2. The molecule has 0 spiro atoms. The molecule has 0 saturated carbocycles. The van der Waals surface area contributed by atoms with Gasteiger partial charge in [0.1, 0.15) is 6.61 Å². The highest BCUT2D eigenvalue weighted by Gasteiger charge is 2.37. The first-order chi connectivity index (χ1) is 20.9. The Balaban J connectivity index is 1.16. The van der Waals surface area contributed by atoms with Crippen molar-refractivity contribution < 1.29 is 14.4 Å². The molecule has 1 aliphatic carbocycles. The van der Waals surface area contributed by atoms with E-state index in [2.05, 4.69) is 54.7 Å². The first-order valence-corrected chi connectivity index (χ1v) is 14.8. The summed E-state index contributed by atoms with van der Waals surface area (Å²) in [5.41, 5.74) is 7.57. The van der Waals surface area contributed by atoms with Gasteiger partial charge < -0.3 is 14.8 Å². The van der Waals surface area contributed by atoms with Crippen molar-refractivity contribution in [1.29, 1.82) is 0 Å². The third-order valence-corrected chi connectivity index (χ3v) is 8.28. The number of halogens is 1. The van der Waals surface area contributed by atoms with Gasteiger partial charge in [0, 0.05) is 30.0 Å². The van der Waals surface area contributed by atoms with Crippen LogP contribution in [0.4, 0.5) is 17.1 Å². The number of nitro groups is 1. The molecule has 1 aliphatic heterocycles. The van der Waals surface area contributed by atoms with Crippen LogP contribution in [0.5, 0.6) is 11.5 Å². The molecular formula is C35H32ClN3O4. The number of nitro benzene ring substituents is 1. The van der Waals surface area contributed by atoms with E-state index in [1.165, 1.54) is 34.5 Å². The first kappa shape index (κ1) is 28.5. The van der Waals surface area contributed by atoms with Gasteiger partial charge in [0.2, 0.25) is 0 Å². The summed E-state index contributed by atoms with van der Waals surface area (Å²) in [7, 11) is 0. The number of hydrogen-bond acceptors (Lipinski definition) is 6. The van der Waals surface area contributed by atoms with Crippen LogP contribution in [0.3, 0.4) is 0 Å². The van der Waals surface area contributed by atoms with Gasteiger partial charge in [-0.25, -0.2) is 0 Å². The Kier molecular flexibility index (Phi) is 8.16. The van der Waals surface area contributed by atoms with Crippen molar-refractivity contribution in [3.8, 4) is 11.5 Å². The summed E-state index contributed by atoms with van der Waals surface area (Å²) >= 11 is 6.61. The monoisotopic (exact) mass is 593 g/mol. The quantitative estimate of drug-likeness (QED) is 0.0905. The fraction of sp³-hybridized carbons (Fsp3) is 0.229. The third-order valence-electron chi connectivity index (χ3n) is 8.00. The maximum absolute atomic E-state index is 10.9. The lowest BCUT2D eigenvalue weighted by Crippen LogP contribution is -2.29. The van der Waals surface area contributed by atoms with Crippen LogP contribution in [0.2, 0.25) is 5.02 Å². The van der Waals surface area contributed by atoms with Gasteiger partial charge in [-0.05, 0) is 90.9 Å². The van der Waals surface area contributed by atoms with Gasteiger partial charge in [-0.15, -0.1) is 0 Å². The molecule has 0 fully saturated rings. The summed E-state index contributed by atoms with van der Waals surface area (Å²) in [5.74, 6) is 1.85. The van der Waals surface area contributed by atoms with Crippen LogP contribution in [0.15, 0.2) is 96.0 Å². The molecule has 0 aromatic heterocycles. The highest BCUT2D eigenvalue weighted by atomic mass is 35.5. The second-order valence-corrected chi connectivity index (χ2v) is 11.3. The van der Waals surface area contributed by atoms with E-state index in [0.29, 0.717) is 35.0 Å². The molecule has 1 N–H and O–H groups in total. The topological polar surface area (TPSA) is 86.0 Å². The highest BCUT2D eigenvalue weighted by Crippen LogP contribution is 2.50. The number of fused-ring (bicyclic) bond motifs is 3. The predicted octanol–water partition coefficient (Wildman–Crippen LogP) is 9.11. The Morgan fingerprint density at radius 1 is 1.05 bits per heavy atom. The molecular weight excluding hydrogens is 562 g/mol. The molecule has 6 rings (SSSR count). The molecule has 1 heterocycles. The maximum atomic E-state index is 10.9. The number of rotatable bonds is 9. The number of nitrogens with one attached hydrogen (secondary N) is 1. The minimum absolute atomic E-state index is 0.0290. The number of non-ortho nitro benzene ring substituents is 1. The van der Waals surface area contributed by atoms with Crippen molar-refractivity contribution >= 4 is 34.9 Å². The molecule has 0 radical (unpaired) electrons. The smallest absolute Gasteiger partial charge is 0.269 e. The molecule has 7 nitrogen and oxygen atoms in total. The van der Waals surface area contributed by atoms with E-state index in [9.17, 15) is 10.1 Å². The van der Waals surface area contributed by atoms with Gasteiger partial charge in [0.15, 0.2) is 11.5 Å². The summed E-state index contributed by atoms with van der Waals surface area (Å²) in [6, 6.07) is 25.2. The molecule has 8 heteroatoms. The summed E-state index contributed by atoms with van der Waals surface area (Å²) in [6.07, 6.45) is 7.50. The summed E-state index contributed by atoms with van der Waals surface area (Å²) in [5, 5.41) is 15.1. The number of anilines is 1. The zero-order valence-corrected chi connectivity index (χ0v) is 24.8. The summed E-state index contributed by atoms with van der Waals surface area (Å²) in [6.45, 7) is 4.66. The Hall–Kier alpha value is -4.62. The number of nitrogens with zero attached hydrogens (tertiary/aromatic N) is 2. The lowest BCUT2D eigenvalue weighted by atomic mass is 9.76. The number of hydrogen-bond donors (Lipinski definition) is 1. The van der Waals surface area contributed by atoms with E-state index in [0.717, 1.165) is 23.2 Å². The lowest BCUT2D eigenvalue weighted by Gasteiger charge is -2.37. The van der Waals surface area contributed by atoms with Crippen molar-refractivity contribution in [1.82, 2.24) is 0 Å². The summed E-state index contributed by atoms with van der Waals surface area (Å²) < 4.78 is 11.8. The van der Waals surface area contributed by atoms with E-state index < -0.39 is 4.92 Å². The Bertz CT molecular complexity index is 1700. The zero-order chi connectivity index (χ0) is 29.9. The molecule has 3 atom stereocenters. The van der Waals surface area contributed by atoms with Crippen LogP contribution in [0.1, 0.15) is 53.1 Å². The van der Waals surface area contributed by atoms with E-state index >= 15 is 0 Å². The van der Waals surface area contributed by atoms with Gasteiger partial charge in [-0.3, -0.25) is 15.1 Å². The fourth-order valence-electron chi connectivity index (χ4n) is 5.90. The maximum Gasteiger partial charge on any atom is 0.269 e. The van der Waals surface area contributed by atoms with Crippen molar-refractivity contribution in [2.75, 3.05) is 11.9 Å². The standard InChI is InChI=1S/C35H32ClN3O4/c1-3-42-33-19-24(18-31(36)35(33)43-21-23-8-14-27(15-9-23)39(40)41)20-37-26-12-10-25(11-13-26)34-29-6-4-5-28(29)30-17-22(2)7-16-32(30)38-34/h4-5,7-20,28-29,34,38H,3,6,21H2,1-2H3/t28-,29+,34+/m1/s1. The van der Waals surface area contributed by atoms with Gasteiger partial charge >= 0.3 is 0 Å². The lowest BCUT2D eigenvalue weighted by molar-refractivity contribution is -0.384. The van der Waals surface area contributed by atoms with Crippen LogP contribution in [-0.2, 0) is 6.61 Å². The molecule has 4 aromatic carbocycles. The number of allylic oxidation sites excluding steroid dienone is 2. The van der Waals surface area contributed by atoms with Gasteiger partial charge in [0.25, 0.3) is 5.69 Å². The van der Waals surface area contributed by atoms with Crippen LogP contribution < -0.4 is 14.8 Å². The molecule has 4 aromatic rings. The molecule has 2 aliphatic rings. The van der Waals surface area contributed by atoms with E-state index in [1.807, 2.05) is 25.1 Å². The molecule has 0 bridgehead atoms. The van der Waals surface area contributed by atoms with Crippen LogP contribution in [-0.4, -0.2) is 17.7 Å². The molecule has 0 amide bonds. The predicted molar refractivity (Wildman–Crippen MR) is 171 cm³/mol. The molecule has 0 saturated heterocycles. The highest BCUT2D eigenvalue weighted by molar-refractivity contribution is 6.32. The average molecular weight is 594 g/mol. The van der Waals surface area contributed by atoms with Crippen LogP contribution in [0.25, 0.3) is 0 Å². The molecule has 43 heavy (non-hydrogen) atoms. The number of ether oxygens (including phenoxy) is 2. The normalized spacial score (nSPS) is 18.6. The Morgan fingerprint density at radius 3 is 2.58 bits per heavy atom. The van der Waals surface area contributed by atoms with Gasteiger partial charge in [0.05, 0.1) is 28.3 Å². The van der Waals surface area contributed by atoms with Crippen molar-refractivity contribution in [2.24, 2.45) is 10.9 Å². The Morgan fingerprint density at radius 2 is 1.84 bits per heavy atom. The molecule has 218 valence electrons. The second kappa shape index (κ2) is 12.3. The fourth-order valence-corrected chi connectivity index (χ4v) is 6.17. The van der Waals surface area contributed by atoms with E-state index in [1.54, 1.807) is 24.4 Å². The Labute approximate surface area is 256 Å². The second-order valence-electron chi connectivity index (χ2n) is 10.9. The first-order valence-electron chi connectivity index (χ1n) is 14.4. The van der Waals surface area contributed by atoms with Crippen molar-refractivity contribution in [3.05, 3.63) is 134 Å². The van der Waals surface area contributed by atoms with E-state index in [4.69, 9.17) is 26.1 Å². The minimum atomic E-state index is -0.431. The SMILES string of the molecule is CCOc1cc(C=Nc2ccc([C@@H]3Nc4ccc(C)cc4[C@@H]4C=CC[C@@H]43)cc2)cc(Cl)c1OCc1ccc([N+](=O)[O-])cc1. The number of benzene rings is 4. The zero-order valence-electron chi connectivity index (χ0n) is 24.0. The number of aliphatic imine (C=N–C) groups is 1.